The topological polar surface area (TPSA) is 70.6 Å². The summed E-state index contributed by atoms with van der Waals surface area (Å²) in [5.41, 5.74) is 4.01. The van der Waals surface area contributed by atoms with E-state index in [1.165, 1.54) is 10.4 Å². The molecule has 6 nitrogen and oxygen atoms in total. The van der Waals surface area contributed by atoms with Crippen molar-refractivity contribution in [1.82, 2.24) is 14.2 Å². The summed E-state index contributed by atoms with van der Waals surface area (Å²) in [6.07, 6.45) is 3.44. The van der Waals surface area contributed by atoms with Gasteiger partial charge in [0.15, 0.2) is 0 Å². The highest BCUT2D eigenvalue weighted by molar-refractivity contribution is 7.89. The van der Waals surface area contributed by atoms with Crippen LogP contribution in [0.5, 0.6) is 0 Å². The first-order chi connectivity index (χ1) is 15.8. The third kappa shape index (κ3) is 5.67. The van der Waals surface area contributed by atoms with Gasteiger partial charge in [-0.05, 0) is 54.3 Å². The van der Waals surface area contributed by atoms with Gasteiger partial charge in [-0.3, -0.25) is 9.78 Å². The summed E-state index contributed by atoms with van der Waals surface area (Å²) in [7, 11) is -3.69. The van der Waals surface area contributed by atoms with E-state index >= 15 is 0 Å². The molecule has 1 aromatic heterocycles. The molecule has 0 saturated heterocycles. The lowest BCUT2D eigenvalue weighted by Gasteiger charge is -2.25. The monoisotopic (exact) mass is 465 g/mol. The van der Waals surface area contributed by atoms with Gasteiger partial charge in [0.25, 0.3) is 5.91 Å². The minimum Gasteiger partial charge on any atom is -0.330 e. The maximum atomic E-state index is 13.7. The first-order valence-electron chi connectivity index (χ1n) is 11.1. The van der Waals surface area contributed by atoms with Crippen LogP contribution in [0.4, 0.5) is 0 Å². The highest BCUT2D eigenvalue weighted by atomic mass is 32.2. The highest BCUT2D eigenvalue weighted by Gasteiger charge is 2.26. The predicted molar refractivity (Wildman–Crippen MR) is 130 cm³/mol. The molecule has 1 amide bonds. The molecule has 174 valence electrons. The number of hydrogen-bond acceptors (Lipinski definition) is 4. The van der Waals surface area contributed by atoms with E-state index in [2.05, 4.69) is 4.98 Å². The van der Waals surface area contributed by atoms with Crippen molar-refractivity contribution in [1.29, 1.82) is 0 Å². The summed E-state index contributed by atoms with van der Waals surface area (Å²) >= 11 is 0. The Bertz CT molecular complexity index is 1210. The molecule has 0 bridgehead atoms. The van der Waals surface area contributed by atoms with Gasteiger partial charge < -0.3 is 4.90 Å². The summed E-state index contributed by atoms with van der Waals surface area (Å²) in [6.45, 7) is 8.91. The van der Waals surface area contributed by atoms with E-state index in [9.17, 15) is 13.2 Å². The van der Waals surface area contributed by atoms with Crippen molar-refractivity contribution < 1.29 is 13.2 Å². The predicted octanol–water partition coefficient (Wildman–Crippen LogP) is 4.57. The van der Waals surface area contributed by atoms with Crippen molar-refractivity contribution >= 4 is 15.9 Å². The second kappa shape index (κ2) is 10.7. The number of benzene rings is 2. The molecule has 0 aliphatic carbocycles. The highest BCUT2D eigenvalue weighted by Crippen LogP contribution is 2.23. The van der Waals surface area contributed by atoms with Gasteiger partial charge in [-0.15, -0.1) is 0 Å². The number of carbonyl (C=O) groups excluding carboxylic acids is 1. The van der Waals surface area contributed by atoms with E-state index in [-0.39, 0.29) is 10.8 Å². The van der Waals surface area contributed by atoms with Crippen molar-refractivity contribution in [3.63, 3.8) is 0 Å². The first kappa shape index (κ1) is 24.6. The van der Waals surface area contributed by atoms with E-state index < -0.39 is 10.0 Å². The zero-order valence-electron chi connectivity index (χ0n) is 19.7. The number of aromatic nitrogens is 1. The van der Waals surface area contributed by atoms with Crippen molar-refractivity contribution in [2.75, 3.05) is 13.1 Å². The van der Waals surface area contributed by atoms with Crippen molar-refractivity contribution in [2.24, 2.45) is 0 Å². The van der Waals surface area contributed by atoms with E-state index in [1.54, 1.807) is 36.4 Å². The lowest BCUT2D eigenvalue weighted by molar-refractivity contribution is 0.0729. The van der Waals surface area contributed by atoms with Gasteiger partial charge in [0, 0.05) is 44.1 Å². The molecule has 2 aromatic carbocycles. The van der Waals surface area contributed by atoms with Crippen LogP contribution in [0.3, 0.4) is 0 Å². The standard InChI is InChI=1S/C26H31N3O3S/c1-5-29(6-2)33(31,32)25-16-23(14-13-21(25)4)26(30)28(18-22-11-9-15-27-17-22)19-24-12-8-7-10-20(24)3/h7-17H,5-6,18-19H2,1-4H3. The van der Waals surface area contributed by atoms with Crippen LogP contribution >= 0.6 is 0 Å². The number of carbonyl (C=O) groups is 1. The van der Waals surface area contributed by atoms with Gasteiger partial charge in [0.05, 0.1) is 4.90 Å². The molecule has 0 N–H and O–H groups in total. The molecule has 0 spiro atoms. The van der Waals surface area contributed by atoms with Gasteiger partial charge >= 0.3 is 0 Å². The molecule has 7 heteroatoms. The fourth-order valence-corrected chi connectivity index (χ4v) is 5.51. The lowest BCUT2D eigenvalue weighted by atomic mass is 10.1. The zero-order valence-corrected chi connectivity index (χ0v) is 20.5. The number of hydrogen-bond donors (Lipinski definition) is 0. The molecule has 0 saturated carbocycles. The molecular formula is C26H31N3O3S. The van der Waals surface area contributed by atoms with Crippen LogP contribution in [-0.4, -0.2) is 41.6 Å². The van der Waals surface area contributed by atoms with Gasteiger partial charge in [-0.2, -0.15) is 4.31 Å². The second-order valence-electron chi connectivity index (χ2n) is 8.02. The van der Waals surface area contributed by atoms with E-state index in [0.29, 0.717) is 37.3 Å². The molecule has 1 heterocycles. The Morgan fingerprint density at radius 3 is 2.27 bits per heavy atom. The number of nitrogens with zero attached hydrogens (tertiary/aromatic N) is 3. The smallest absolute Gasteiger partial charge is 0.254 e. The number of sulfonamides is 1. The van der Waals surface area contributed by atoms with Gasteiger partial charge in [-0.1, -0.05) is 50.2 Å². The minimum atomic E-state index is -3.69. The van der Waals surface area contributed by atoms with E-state index in [1.807, 2.05) is 57.2 Å². The zero-order chi connectivity index (χ0) is 24.0. The number of aryl methyl sites for hydroxylation is 2. The quantitative estimate of drug-likeness (QED) is 0.464. The fourth-order valence-electron chi connectivity index (χ4n) is 3.80. The molecule has 3 rings (SSSR count). The largest absolute Gasteiger partial charge is 0.330 e. The maximum absolute atomic E-state index is 13.7. The minimum absolute atomic E-state index is 0.175. The Hall–Kier alpha value is -3.03. The molecular weight excluding hydrogens is 434 g/mol. The average Bonchev–Trinajstić information content (AvgIpc) is 2.81. The molecule has 0 atom stereocenters. The van der Waals surface area contributed by atoms with Crippen LogP contribution < -0.4 is 0 Å². The summed E-state index contributed by atoms with van der Waals surface area (Å²) in [5, 5.41) is 0. The van der Waals surface area contributed by atoms with Crippen molar-refractivity contribution in [3.8, 4) is 0 Å². The normalized spacial score (nSPS) is 11.5. The van der Waals surface area contributed by atoms with Crippen LogP contribution in [0.1, 0.15) is 46.5 Å². The summed E-state index contributed by atoms with van der Waals surface area (Å²) in [6, 6.07) is 16.6. The average molecular weight is 466 g/mol. The molecule has 33 heavy (non-hydrogen) atoms. The maximum Gasteiger partial charge on any atom is 0.254 e. The van der Waals surface area contributed by atoms with Crippen LogP contribution in [0, 0.1) is 13.8 Å². The molecule has 3 aromatic rings. The molecule has 0 unspecified atom stereocenters. The van der Waals surface area contributed by atoms with Crippen LogP contribution in [0.2, 0.25) is 0 Å². The molecule has 0 aliphatic heterocycles. The van der Waals surface area contributed by atoms with E-state index in [4.69, 9.17) is 0 Å². The Balaban J connectivity index is 2.01. The van der Waals surface area contributed by atoms with Crippen molar-refractivity contribution in [2.45, 2.75) is 45.7 Å². The van der Waals surface area contributed by atoms with Gasteiger partial charge in [-0.25, -0.2) is 8.42 Å². The summed E-state index contributed by atoms with van der Waals surface area (Å²) in [4.78, 5) is 19.7. The Kier molecular flexibility index (Phi) is 8.00. The van der Waals surface area contributed by atoms with Crippen molar-refractivity contribution in [3.05, 3.63) is 94.8 Å². The fraction of sp³-hybridized carbons (Fsp3) is 0.308. The van der Waals surface area contributed by atoms with Gasteiger partial charge in [0.2, 0.25) is 10.0 Å². The van der Waals surface area contributed by atoms with Crippen LogP contribution in [0.25, 0.3) is 0 Å². The van der Waals surface area contributed by atoms with Crippen LogP contribution in [-0.2, 0) is 23.1 Å². The number of pyridine rings is 1. The molecule has 0 aliphatic rings. The Morgan fingerprint density at radius 1 is 0.909 bits per heavy atom. The Labute approximate surface area is 196 Å². The lowest BCUT2D eigenvalue weighted by Crippen LogP contribution is -2.32. The molecule has 0 fully saturated rings. The summed E-state index contributed by atoms with van der Waals surface area (Å²) in [5.74, 6) is -0.224. The van der Waals surface area contributed by atoms with Gasteiger partial charge in [0.1, 0.15) is 0 Å². The third-order valence-electron chi connectivity index (χ3n) is 5.76. The third-order valence-corrected chi connectivity index (χ3v) is 7.96. The number of rotatable bonds is 9. The Morgan fingerprint density at radius 2 is 1.64 bits per heavy atom. The molecule has 0 radical (unpaired) electrons. The summed E-state index contributed by atoms with van der Waals surface area (Å²) < 4.78 is 27.8. The van der Waals surface area contributed by atoms with E-state index in [0.717, 1.165) is 16.7 Å². The SMILES string of the molecule is CCN(CC)S(=O)(=O)c1cc(C(=O)N(Cc2cccnc2)Cc2ccccc2C)ccc1C. The number of amides is 1. The first-order valence-corrected chi connectivity index (χ1v) is 12.5. The van der Waals surface area contributed by atoms with Crippen LogP contribution in [0.15, 0.2) is 71.9 Å². The second-order valence-corrected chi connectivity index (χ2v) is 9.92.